The second-order valence-corrected chi connectivity index (χ2v) is 5.63. The van der Waals surface area contributed by atoms with Gasteiger partial charge >= 0.3 is 18.4 Å². The van der Waals surface area contributed by atoms with Crippen molar-refractivity contribution in [2.75, 3.05) is 23.3 Å². The minimum atomic E-state index is -5.74. The predicted octanol–water partition coefficient (Wildman–Crippen LogP) is 4.47. The first kappa shape index (κ1) is 22.4. The molecule has 0 amide bonds. The van der Waals surface area contributed by atoms with Gasteiger partial charge in [-0.05, 0) is 32.0 Å². The van der Waals surface area contributed by atoms with Crippen LogP contribution in [0, 0.1) is 5.82 Å². The maximum atomic E-state index is 13.3. The van der Waals surface area contributed by atoms with Gasteiger partial charge in [-0.15, -0.1) is 0 Å². The first-order valence-electron chi connectivity index (χ1n) is 8.27. The summed E-state index contributed by atoms with van der Waals surface area (Å²) in [7, 11) is 0. The number of hydrogen-bond donors (Lipinski definition) is 1. The summed E-state index contributed by atoms with van der Waals surface area (Å²) < 4.78 is 94.2. The Kier molecular flexibility index (Phi) is 6.69. The molecule has 0 fully saturated rings. The van der Waals surface area contributed by atoms with Crippen LogP contribution in [0.5, 0.6) is 6.01 Å². The highest BCUT2D eigenvalue weighted by atomic mass is 19.4. The molecule has 2 aromatic rings. The zero-order valence-corrected chi connectivity index (χ0v) is 15.1. The van der Waals surface area contributed by atoms with Gasteiger partial charge in [0.1, 0.15) is 5.82 Å². The number of nitrogens with one attached hydrogen (secondary N) is 1. The standard InChI is InChI=1S/C16H16F7N5O/c1-3-28(4-2)13-25-12(24-10-7-5-6-9(17)8-10)26-14(27-13)29-11(15(18,19)20)16(21,22)23/h5-8,11H,3-4H2,1-2H3,(H,24,25,26,27). The highest BCUT2D eigenvalue weighted by Gasteiger charge is 2.59. The molecule has 0 bridgehead atoms. The van der Waals surface area contributed by atoms with Gasteiger partial charge in [-0.3, -0.25) is 0 Å². The van der Waals surface area contributed by atoms with Crippen LogP contribution >= 0.6 is 0 Å². The normalized spacial score (nSPS) is 12.2. The molecule has 2 rings (SSSR count). The van der Waals surface area contributed by atoms with Gasteiger partial charge in [-0.2, -0.15) is 41.3 Å². The maximum Gasteiger partial charge on any atom is 0.434 e. The highest BCUT2D eigenvalue weighted by molar-refractivity contribution is 5.54. The first-order chi connectivity index (χ1) is 13.4. The molecule has 0 atom stereocenters. The van der Waals surface area contributed by atoms with E-state index in [-0.39, 0.29) is 11.6 Å². The van der Waals surface area contributed by atoms with E-state index < -0.39 is 36.2 Å². The molecule has 1 aromatic carbocycles. The number of benzene rings is 1. The van der Waals surface area contributed by atoms with E-state index in [1.165, 1.54) is 17.0 Å². The van der Waals surface area contributed by atoms with Crippen LogP contribution < -0.4 is 15.0 Å². The summed E-state index contributed by atoms with van der Waals surface area (Å²) in [5.74, 6) is -1.24. The summed E-state index contributed by atoms with van der Waals surface area (Å²) in [6, 6.07) is 3.74. The summed E-state index contributed by atoms with van der Waals surface area (Å²) in [6.45, 7) is 3.98. The van der Waals surface area contributed by atoms with Gasteiger partial charge < -0.3 is 15.0 Å². The third kappa shape index (κ3) is 6.06. The Morgan fingerprint density at radius 1 is 1.00 bits per heavy atom. The predicted molar refractivity (Wildman–Crippen MR) is 89.6 cm³/mol. The topological polar surface area (TPSA) is 63.2 Å². The molecular formula is C16H16F7N5O. The van der Waals surface area contributed by atoms with Gasteiger partial charge in [0.2, 0.25) is 11.9 Å². The molecule has 0 saturated heterocycles. The van der Waals surface area contributed by atoms with Gasteiger partial charge in [-0.1, -0.05) is 6.07 Å². The molecule has 160 valence electrons. The smallest absolute Gasteiger partial charge is 0.434 e. The number of nitrogens with zero attached hydrogens (tertiary/aromatic N) is 4. The van der Waals surface area contributed by atoms with Crippen LogP contribution in [0.3, 0.4) is 0 Å². The van der Waals surface area contributed by atoms with E-state index in [0.29, 0.717) is 13.1 Å². The van der Waals surface area contributed by atoms with Crippen LogP contribution in [0.4, 0.5) is 48.3 Å². The maximum absolute atomic E-state index is 13.3. The lowest BCUT2D eigenvalue weighted by Crippen LogP contribution is -2.47. The fourth-order valence-electron chi connectivity index (χ4n) is 2.22. The third-order valence-corrected chi connectivity index (χ3v) is 3.55. The molecule has 0 aliphatic heterocycles. The van der Waals surface area contributed by atoms with E-state index in [0.717, 1.165) is 12.1 Å². The van der Waals surface area contributed by atoms with Crippen molar-refractivity contribution in [1.82, 2.24) is 15.0 Å². The summed E-state index contributed by atoms with van der Waals surface area (Å²) in [6.07, 6.45) is -15.6. The molecule has 29 heavy (non-hydrogen) atoms. The van der Waals surface area contributed by atoms with Crippen LogP contribution in [0.2, 0.25) is 0 Å². The summed E-state index contributed by atoms with van der Waals surface area (Å²) in [5.41, 5.74) is 0.121. The van der Waals surface area contributed by atoms with E-state index >= 15 is 0 Å². The number of hydrogen-bond acceptors (Lipinski definition) is 6. The van der Waals surface area contributed by atoms with Crippen molar-refractivity contribution < 1.29 is 35.5 Å². The Labute approximate surface area is 160 Å². The number of alkyl halides is 6. The second kappa shape index (κ2) is 8.66. The lowest BCUT2D eigenvalue weighted by molar-refractivity contribution is -0.301. The van der Waals surface area contributed by atoms with Crippen LogP contribution in [0.25, 0.3) is 0 Å². The lowest BCUT2D eigenvalue weighted by atomic mass is 10.3. The Morgan fingerprint density at radius 2 is 1.62 bits per heavy atom. The van der Waals surface area contributed by atoms with Gasteiger partial charge in [-0.25, -0.2) is 4.39 Å². The molecule has 1 heterocycles. The minimum absolute atomic E-state index is 0.121. The van der Waals surface area contributed by atoms with Crippen LogP contribution in [0.1, 0.15) is 13.8 Å². The van der Waals surface area contributed by atoms with Crippen LogP contribution in [0.15, 0.2) is 24.3 Å². The fourth-order valence-corrected chi connectivity index (χ4v) is 2.22. The average Bonchev–Trinajstić information content (AvgIpc) is 2.59. The number of rotatable bonds is 7. The molecule has 0 aliphatic rings. The zero-order chi connectivity index (χ0) is 21.8. The van der Waals surface area contributed by atoms with Crippen LogP contribution in [-0.4, -0.2) is 46.5 Å². The van der Waals surface area contributed by atoms with Crippen molar-refractivity contribution in [2.24, 2.45) is 0 Å². The number of halogens is 7. The highest BCUT2D eigenvalue weighted by Crippen LogP contribution is 2.36. The molecule has 13 heteroatoms. The van der Waals surface area contributed by atoms with Crippen molar-refractivity contribution in [3.8, 4) is 6.01 Å². The van der Waals surface area contributed by atoms with Gasteiger partial charge in [0.25, 0.3) is 6.10 Å². The summed E-state index contributed by atoms with van der Waals surface area (Å²) >= 11 is 0. The second-order valence-electron chi connectivity index (χ2n) is 5.63. The third-order valence-electron chi connectivity index (χ3n) is 3.55. The van der Waals surface area contributed by atoms with Crippen molar-refractivity contribution in [2.45, 2.75) is 32.3 Å². The SMILES string of the molecule is CCN(CC)c1nc(Nc2cccc(F)c2)nc(OC(C(F)(F)F)C(F)(F)F)n1. The Morgan fingerprint density at radius 3 is 2.14 bits per heavy atom. The zero-order valence-electron chi connectivity index (χ0n) is 15.1. The molecule has 6 nitrogen and oxygen atoms in total. The Hall–Kier alpha value is -2.86. The Balaban J connectivity index is 2.46. The fraction of sp³-hybridized carbons (Fsp3) is 0.438. The number of aromatic nitrogens is 3. The van der Waals surface area contributed by atoms with Crippen molar-refractivity contribution in [1.29, 1.82) is 0 Å². The quantitative estimate of drug-likeness (QED) is 0.658. The molecule has 0 unspecified atom stereocenters. The van der Waals surface area contributed by atoms with E-state index in [1.807, 2.05) is 0 Å². The largest absolute Gasteiger partial charge is 0.440 e. The Bertz CT molecular complexity index is 810. The van der Waals surface area contributed by atoms with E-state index in [2.05, 4.69) is 25.0 Å². The monoisotopic (exact) mass is 427 g/mol. The molecule has 0 aliphatic carbocycles. The summed E-state index contributed by atoms with van der Waals surface area (Å²) in [5, 5.41) is 2.51. The van der Waals surface area contributed by atoms with Crippen molar-refractivity contribution in [3.05, 3.63) is 30.1 Å². The number of ether oxygens (including phenoxy) is 1. The molecular weight excluding hydrogens is 411 g/mol. The van der Waals surface area contributed by atoms with E-state index in [9.17, 15) is 30.7 Å². The molecule has 0 spiro atoms. The molecule has 0 radical (unpaired) electrons. The van der Waals surface area contributed by atoms with Crippen LogP contribution in [-0.2, 0) is 0 Å². The van der Waals surface area contributed by atoms with Crippen molar-refractivity contribution >= 4 is 17.6 Å². The van der Waals surface area contributed by atoms with E-state index in [4.69, 9.17) is 0 Å². The molecule has 0 saturated carbocycles. The van der Waals surface area contributed by atoms with Gasteiger partial charge in [0, 0.05) is 18.8 Å². The van der Waals surface area contributed by atoms with Crippen molar-refractivity contribution in [3.63, 3.8) is 0 Å². The summed E-state index contributed by atoms with van der Waals surface area (Å²) in [4.78, 5) is 12.5. The van der Waals surface area contributed by atoms with Gasteiger partial charge in [0.05, 0.1) is 0 Å². The number of anilines is 3. The molecule has 1 N–H and O–H groups in total. The minimum Gasteiger partial charge on any atom is -0.440 e. The van der Waals surface area contributed by atoms with E-state index in [1.54, 1.807) is 13.8 Å². The lowest BCUT2D eigenvalue weighted by Gasteiger charge is -2.24. The average molecular weight is 427 g/mol. The molecule has 1 aromatic heterocycles. The first-order valence-corrected chi connectivity index (χ1v) is 8.27. The van der Waals surface area contributed by atoms with Gasteiger partial charge in [0.15, 0.2) is 0 Å².